The first kappa shape index (κ1) is 20.6. The van der Waals surface area contributed by atoms with Crippen LogP contribution in [0.25, 0.3) is 10.9 Å². The first-order valence-electron chi connectivity index (χ1n) is 8.11. The summed E-state index contributed by atoms with van der Waals surface area (Å²) in [5, 5.41) is 0.773. The van der Waals surface area contributed by atoms with Crippen molar-refractivity contribution in [1.82, 2.24) is 4.98 Å². The number of aromatic nitrogens is 1. The van der Waals surface area contributed by atoms with E-state index < -0.39 is 21.6 Å². The minimum absolute atomic E-state index is 0.0456. The number of hydrogen-bond acceptors (Lipinski definition) is 6. The number of nitrogens with zero attached hydrogens (tertiary/aromatic N) is 1. The molecule has 28 heavy (non-hydrogen) atoms. The Morgan fingerprint density at radius 1 is 1.21 bits per heavy atom. The number of carbonyl (C=O) groups excluding carboxylic acids is 1. The van der Waals surface area contributed by atoms with Crippen molar-refractivity contribution < 1.29 is 22.3 Å². The van der Waals surface area contributed by atoms with Crippen LogP contribution in [0.5, 0.6) is 0 Å². The molecule has 0 radical (unpaired) electrons. The van der Waals surface area contributed by atoms with Gasteiger partial charge in [-0.3, -0.25) is 9.78 Å². The monoisotopic (exact) mass is 439 g/mol. The van der Waals surface area contributed by atoms with Gasteiger partial charge in [0.25, 0.3) is 0 Å². The van der Waals surface area contributed by atoms with E-state index in [0.29, 0.717) is 20.8 Å². The molecule has 9 heteroatoms. The fourth-order valence-electron chi connectivity index (χ4n) is 2.54. The Balaban J connectivity index is 2.13. The van der Waals surface area contributed by atoms with Gasteiger partial charge in [0.2, 0.25) is 9.84 Å². The average Bonchev–Trinajstić information content (AvgIpc) is 2.68. The van der Waals surface area contributed by atoms with Crippen LogP contribution in [0, 0.1) is 5.82 Å². The van der Waals surface area contributed by atoms with Gasteiger partial charge in [0.1, 0.15) is 10.7 Å². The Morgan fingerprint density at radius 2 is 1.93 bits per heavy atom. The van der Waals surface area contributed by atoms with E-state index in [4.69, 9.17) is 11.6 Å². The number of sulfone groups is 1. The van der Waals surface area contributed by atoms with E-state index in [2.05, 4.69) is 9.72 Å². The molecule has 0 aliphatic carbocycles. The number of esters is 1. The molecule has 0 spiro atoms. The lowest BCUT2D eigenvalue weighted by molar-refractivity contribution is -0.140. The lowest BCUT2D eigenvalue weighted by Crippen LogP contribution is -2.06. The van der Waals surface area contributed by atoms with Gasteiger partial charge < -0.3 is 4.74 Å². The van der Waals surface area contributed by atoms with Gasteiger partial charge in [-0.1, -0.05) is 11.6 Å². The largest absolute Gasteiger partial charge is 0.469 e. The van der Waals surface area contributed by atoms with E-state index in [0.717, 1.165) is 11.8 Å². The van der Waals surface area contributed by atoms with E-state index >= 15 is 0 Å². The molecule has 0 N–H and O–H groups in total. The summed E-state index contributed by atoms with van der Waals surface area (Å²) in [5.41, 5.74) is 0.456. The van der Waals surface area contributed by atoms with Crippen LogP contribution in [-0.4, -0.2) is 32.2 Å². The quantitative estimate of drug-likeness (QED) is 0.415. The zero-order valence-corrected chi connectivity index (χ0v) is 17.1. The molecule has 146 valence electrons. The maximum Gasteiger partial charge on any atom is 0.306 e. The smallest absolute Gasteiger partial charge is 0.306 e. The van der Waals surface area contributed by atoms with Crippen molar-refractivity contribution in [3.63, 3.8) is 0 Å². The first-order chi connectivity index (χ1) is 13.3. The predicted molar refractivity (Wildman–Crippen MR) is 106 cm³/mol. The summed E-state index contributed by atoms with van der Waals surface area (Å²) in [4.78, 5) is 15.9. The van der Waals surface area contributed by atoms with Crippen molar-refractivity contribution in [1.29, 1.82) is 0 Å². The van der Waals surface area contributed by atoms with Gasteiger partial charge in [-0.15, -0.1) is 11.8 Å². The van der Waals surface area contributed by atoms with Crippen molar-refractivity contribution in [2.75, 3.05) is 12.9 Å². The summed E-state index contributed by atoms with van der Waals surface area (Å²) in [6.07, 6.45) is 1.34. The molecular weight excluding hydrogens is 425 g/mol. The lowest BCUT2D eigenvalue weighted by atomic mass is 10.2. The molecule has 0 amide bonds. The summed E-state index contributed by atoms with van der Waals surface area (Å²) in [7, 11) is -2.65. The summed E-state index contributed by atoms with van der Waals surface area (Å²) in [5.74, 6) is -0.657. The second-order valence-electron chi connectivity index (χ2n) is 5.74. The molecule has 1 heterocycles. The molecular formula is C19H15ClFNO4S2. The molecule has 0 unspecified atom stereocenters. The number of pyridine rings is 1. The van der Waals surface area contributed by atoms with Gasteiger partial charge in [0.15, 0.2) is 0 Å². The van der Waals surface area contributed by atoms with E-state index in [9.17, 15) is 17.6 Å². The van der Waals surface area contributed by atoms with Crippen LogP contribution in [0.2, 0.25) is 5.02 Å². The molecule has 0 aliphatic heterocycles. The number of benzene rings is 2. The van der Waals surface area contributed by atoms with E-state index in [1.54, 1.807) is 0 Å². The highest BCUT2D eigenvalue weighted by atomic mass is 35.5. The first-order valence-corrected chi connectivity index (χ1v) is 11.0. The van der Waals surface area contributed by atoms with Gasteiger partial charge in [0, 0.05) is 27.3 Å². The molecule has 3 aromatic rings. The third-order valence-electron chi connectivity index (χ3n) is 3.94. The molecule has 2 aromatic carbocycles. The highest BCUT2D eigenvalue weighted by molar-refractivity contribution is 8.00. The molecule has 0 atom stereocenters. The predicted octanol–water partition coefficient (Wildman–Crippen LogP) is 4.52. The number of rotatable bonds is 6. The van der Waals surface area contributed by atoms with Crippen molar-refractivity contribution in [3.05, 3.63) is 59.5 Å². The van der Waals surface area contributed by atoms with Crippen molar-refractivity contribution in [2.24, 2.45) is 0 Å². The number of hydrogen-bond donors (Lipinski definition) is 0. The standard InChI is InChI=1S/C19H15ClFNO4S2/c1-26-18(23)8-9-27-19-15-10-13(21)4-7-16(15)22-11-17(19)28(24,25)14-5-2-12(20)3-6-14/h2-7,10-11H,8-9H2,1H3. The Bertz CT molecular complexity index is 1130. The van der Waals surface area contributed by atoms with Gasteiger partial charge in [-0.25, -0.2) is 12.8 Å². The fraction of sp³-hybridized carbons (Fsp3) is 0.158. The van der Waals surface area contributed by atoms with Gasteiger partial charge in [0.05, 0.1) is 23.9 Å². The molecule has 0 saturated carbocycles. The zero-order chi connectivity index (χ0) is 20.3. The Labute approximate surface area is 170 Å². The second-order valence-corrected chi connectivity index (χ2v) is 9.20. The third-order valence-corrected chi connectivity index (χ3v) is 7.24. The number of halogens is 2. The van der Waals surface area contributed by atoms with E-state index in [1.807, 2.05) is 0 Å². The number of ether oxygens (including phenoxy) is 1. The summed E-state index contributed by atoms with van der Waals surface area (Å²) < 4.78 is 44.8. The number of methoxy groups -OCH3 is 1. The van der Waals surface area contributed by atoms with E-state index in [1.165, 1.54) is 55.8 Å². The molecule has 0 fully saturated rings. The Kier molecular flexibility index (Phi) is 6.22. The van der Waals surface area contributed by atoms with Crippen LogP contribution in [0.3, 0.4) is 0 Å². The van der Waals surface area contributed by atoms with E-state index in [-0.39, 0.29) is 22.0 Å². The molecule has 5 nitrogen and oxygen atoms in total. The normalized spacial score (nSPS) is 11.5. The van der Waals surface area contributed by atoms with Crippen molar-refractivity contribution in [2.45, 2.75) is 21.1 Å². The minimum Gasteiger partial charge on any atom is -0.469 e. The van der Waals surface area contributed by atoms with Crippen LogP contribution in [0.1, 0.15) is 6.42 Å². The van der Waals surface area contributed by atoms with Crippen LogP contribution in [0.4, 0.5) is 4.39 Å². The Morgan fingerprint density at radius 3 is 2.61 bits per heavy atom. The number of fused-ring (bicyclic) bond motifs is 1. The van der Waals surface area contributed by atoms with Gasteiger partial charge in [-0.05, 0) is 42.5 Å². The maximum atomic E-state index is 13.8. The molecule has 0 aliphatic rings. The van der Waals surface area contributed by atoms with Crippen molar-refractivity contribution >= 4 is 50.1 Å². The van der Waals surface area contributed by atoms with Crippen LogP contribution in [-0.2, 0) is 19.4 Å². The molecule has 1 aromatic heterocycles. The molecule has 0 bridgehead atoms. The number of carbonyl (C=O) groups is 1. The fourth-order valence-corrected chi connectivity index (χ4v) is 5.45. The third kappa shape index (κ3) is 4.29. The second kappa shape index (κ2) is 8.46. The molecule has 0 saturated heterocycles. The summed E-state index contributed by atoms with van der Waals surface area (Å²) in [6.45, 7) is 0. The highest BCUT2D eigenvalue weighted by Gasteiger charge is 2.24. The Hall–Kier alpha value is -2.16. The van der Waals surface area contributed by atoms with Crippen LogP contribution < -0.4 is 0 Å². The highest BCUT2D eigenvalue weighted by Crippen LogP contribution is 2.36. The summed E-state index contributed by atoms with van der Waals surface area (Å²) in [6, 6.07) is 9.73. The lowest BCUT2D eigenvalue weighted by Gasteiger charge is -2.13. The zero-order valence-electron chi connectivity index (χ0n) is 14.7. The minimum atomic E-state index is -3.93. The van der Waals surface area contributed by atoms with Crippen LogP contribution in [0.15, 0.2) is 63.3 Å². The SMILES string of the molecule is COC(=O)CCSc1c(S(=O)(=O)c2ccc(Cl)cc2)cnc2ccc(F)cc12. The van der Waals surface area contributed by atoms with Gasteiger partial charge in [-0.2, -0.15) is 0 Å². The average molecular weight is 440 g/mol. The number of thioether (sulfide) groups is 1. The van der Waals surface area contributed by atoms with Gasteiger partial charge >= 0.3 is 5.97 Å². The summed E-state index contributed by atoms with van der Waals surface area (Å²) >= 11 is 6.99. The van der Waals surface area contributed by atoms with Crippen molar-refractivity contribution in [3.8, 4) is 0 Å². The van der Waals surface area contributed by atoms with Crippen LogP contribution >= 0.6 is 23.4 Å². The molecule has 3 rings (SSSR count). The topological polar surface area (TPSA) is 73.3 Å². The maximum absolute atomic E-state index is 13.8.